The quantitative estimate of drug-likeness (QED) is 0.261. The van der Waals surface area contributed by atoms with E-state index in [1.165, 1.54) is 23.0 Å². The summed E-state index contributed by atoms with van der Waals surface area (Å²) in [4.78, 5) is 13.0. The van der Waals surface area contributed by atoms with Gasteiger partial charge in [0, 0.05) is 18.2 Å². The van der Waals surface area contributed by atoms with Crippen molar-refractivity contribution in [3.05, 3.63) is 89.1 Å². The SMILES string of the molecule is C=NC(CCCNC1=CCC(C(N)=NC=Nc2ccc(C)cc2)C=C1)c1ccc(CC)cc1. The van der Waals surface area contributed by atoms with Crippen molar-refractivity contribution in [2.24, 2.45) is 26.6 Å². The molecule has 0 bridgehead atoms. The van der Waals surface area contributed by atoms with Gasteiger partial charge in [0.15, 0.2) is 0 Å². The average molecular weight is 442 g/mol. The van der Waals surface area contributed by atoms with Crippen molar-refractivity contribution in [2.45, 2.75) is 45.6 Å². The van der Waals surface area contributed by atoms with Crippen molar-refractivity contribution in [1.29, 1.82) is 0 Å². The van der Waals surface area contributed by atoms with E-state index in [-0.39, 0.29) is 12.0 Å². The van der Waals surface area contributed by atoms with Crippen molar-refractivity contribution in [3.8, 4) is 0 Å². The summed E-state index contributed by atoms with van der Waals surface area (Å²) in [7, 11) is 0. The molecule has 0 fully saturated rings. The Labute approximate surface area is 198 Å². The number of rotatable bonds is 11. The Kier molecular flexibility index (Phi) is 9.19. The topological polar surface area (TPSA) is 75.1 Å². The van der Waals surface area contributed by atoms with E-state index in [1.54, 1.807) is 0 Å². The molecule has 0 radical (unpaired) electrons. The Morgan fingerprint density at radius 1 is 1.18 bits per heavy atom. The van der Waals surface area contributed by atoms with Crippen LogP contribution in [0.15, 0.2) is 87.4 Å². The molecule has 0 saturated carbocycles. The second kappa shape index (κ2) is 12.5. The van der Waals surface area contributed by atoms with Crippen LogP contribution in [-0.4, -0.2) is 25.4 Å². The van der Waals surface area contributed by atoms with Gasteiger partial charge in [-0.2, -0.15) is 0 Å². The van der Waals surface area contributed by atoms with Gasteiger partial charge in [-0.05, 0) is 68.7 Å². The van der Waals surface area contributed by atoms with Crippen LogP contribution in [-0.2, 0) is 6.42 Å². The lowest BCUT2D eigenvalue weighted by Crippen LogP contribution is -2.25. The summed E-state index contributed by atoms with van der Waals surface area (Å²) in [5, 5.41) is 3.50. The highest BCUT2D eigenvalue weighted by Gasteiger charge is 2.13. The van der Waals surface area contributed by atoms with Gasteiger partial charge in [0.25, 0.3) is 0 Å². The molecular formula is C28H35N5. The Bertz CT molecular complexity index is 1010. The van der Waals surface area contributed by atoms with Crippen LogP contribution in [0, 0.1) is 12.8 Å². The molecule has 1 aliphatic carbocycles. The molecule has 0 amide bonds. The van der Waals surface area contributed by atoms with Gasteiger partial charge in [0.05, 0.1) is 11.7 Å². The fourth-order valence-electron chi connectivity index (χ4n) is 3.73. The summed E-state index contributed by atoms with van der Waals surface area (Å²) >= 11 is 0. The van der Waals surface area contributed by atoms with Crippen LogP contribution in [0.25, 0.3) is 0 Å². The van der Waals surface area contributed by atoms with Crippen LogP contribution in [0.1, 0.15) is 48.9 Å². The molecule has 172 valence electrons. The second-order valence-electron chi connectivity index (χ2n) is 8.36. The zero-order chi connectivity index (χ0) is 23.5. The summed E-state index contributed by atoms with van der Waals surface area (Å²) in [6, 6.07) is 16.9. The first kappa shape index (κ1) is 24.2. The maximum absolute atomic E-state index is 6.17. The molecule has 5 heteroatoms. The van der Waals surface area contributed by atoms with Crippen molar-refractivity contribution in [3.63, 3.8) is 0 Å². The van der Waals surface area contributed by atoms with Gasteiger partial charge < -0.3 is 11.1 Å². The molecule has 2 aromatic carbocycles. The Morgan fingerprint density at radius 2 is 1.94 bits per heavy atom. The zero-order valence-electron chi connectivity index (χ0n) is 19.7. The number of nitrogens with zero attached hydrogens (tertiary/aromatic N) is 3. The number of nitrogens with one attached hydrogen (secondary N) is 1. The van der Waals surface area contributed by atoms with Gasteiger partial charge in [0.1, 0.15) is 12.2 Å². The highest BCUT2D eigenvalue weighted by atomic mass is 14.9. The molecule has 3 N–H and O–H groups in total. The average Bonchev–Trinajstić information content (AvgIpc) is 2.86. The van der Waals surface area contributed by atoms with Crippen molar-refractivity contribution < 1.29 is 0 Å². The second-order valence-corrected chi connectivity index (χ2v) is 8.36. The highest BCUT2D eigenvalue weighted by Crippen LogP contribution is 2.23. The van der Waals surface area contributed by atoms with Gasteiger partial charge in [0.2, 0.25) is 0 Å². The van der Waals surface area contributed by atoms with Gasteiger partial charge >= 0.3 is 0 Å². The van der Waals surface area contributed by atoms with E-state index in [1.807, 2.05) is 24.3 Å². The third-order valence-corrected chi connectivity index (χ3v) is 5.90. The molecule has 33 heavy (non-hydrogen) atoms. The van der Waals surface area contributed by atoms with Gasteiger partial charge in [-0.3, -0.25) is 4.99 Å². The lowest BCUT2D eigenvalue weighted by Gasteiger charge is -2.17. The summed E-state index contributed by atoms with van der Waals surface area (Å²) < 4.78 is 0. The monoisotopic (exact) mass is 441 g/mol. The molecule has 0 aliphatic heterocycles. The molecule has 2 atom stereocenters. The maximum atomic E-state index is 6.17. The number of aliphatic imine (C=N–C) groups is 3. The third kappa shape index (κ3) is 7.56. The largest absolute Gasteiger partial charge is 0.387 e. The van der Waals surface area contributed by atoms with E-state index in [2.05, 4.69) is 83.4 Å². The smallest absolute Gasteiger partial charge is 0.118 e. The predicted octanol–water partition coefficient (Wildman–Crippen LogP) is 5.85. The summed E-state index contributed by atoms with van der Waals surface area (Å²) in [6.45, 7) is 8.91. The van der Waals surface area contributed by atoms with Crippen molar-refractivity contribution >= 4 is 24.6 Å². The maximum Gasteiger partial charge on any atom is 0.118 e. The van der Waals surface area contributed by atoms with Crippen LogP contribution in [0.2, 0.25) is 0 Å². The molecule has 2 aromatic rings. The molecule has 1 aliphatic rings. The normalized spacial score (nSPS) is 17.1. The first-order valence-electron chi connectivity index (χ1n) is 11.7. The summed E-state index contributed by atoms with van der Waals surface area (Å²) in [6.07, 6.45) is 11.8. The van der Waals surface area contributed by atoms with Gasteiger partial charge in [-0.15, -0.1) is 0 Å². The minimum atomic E-state index is 0.0976. The number of hydrogen-bond donors (Lipinski definition) is 2. The van der Waals surface area contributed by atoms with Crippen molar-refractivity contribution in [2.75, 3.05) is 6.54 Å². The lowest BCUT2D eigenvalue weighted by atomic mass is 9.98. The van der Waals surface area contributed by atoms with Gasteiger partial charge in [-0.1, -0.05) is 61.0 Å². The summed E-state index contributed by atoms with van der Waals surface area (Å²) in [5.41, 5.74) is 12.0. The molecule has 0 heterocycles. The Balaban J connectivity index is 1.41. The third-order valence-electron chi connectivity index (χ3n) is 5.90. The van der Waals surface area contributed by atoms with E-state index >= 15 is 0 Å². The number of aryl methyl sites for hydroxylation is 2. The number of hydrogen-bond acceptors (Lipinski definition) is 3. The zero-order valence-corrected chi connectivity index (χ0v) is 19.7. The van der Waals surface area contributed by atoms with E-state index in [4.69, 9.17) is 5.73 Å². The van der Waals surface area contributed by atoms with E-state index in [9.17, 15) is 0 Å². The van der Waals surface area contributed by atoms with E-state index in [0.29, 0.717) is 5.84 Å². The number of allylic oxidation sites excluding steroid dienone is 2. The van der Waals surface area contributed by atoms with Crippen LogP contribution in [0.4, 0.5) is 5.69 Å². The van der Waals surface area contributed by atoms with Crippen LogP contribution >= 0.6 is 0 Å². The minimum Gasteiger partial charge on any atom is -0.387 e. The highest BCUT2D eigenvalue weighted by molar-refractivity contribution is 5.91. The molecular weight excluding hydrogens is 406 g/mol. The number of benzene rings is 2. The Hall–Kier alpha value is -3.47. The first-order valence-corrected chi connectivity index (χ1v) is 11.7. The fraction of sp³-hybridized carbons (Fsp3) is 0.321. The fourth-order valence-corrected chi connectivity index (χ4v) is 3.73. The van der Waals surface area contributed by atoms with Gasteiger partial charge in [-0.25, -0.2) is 9.98 Å². The predicted molar refractivity (Wildman–Crippen MR) is 142 cm³/mol. The number of nitrogens with two attached hydrogens (primary N) is 1. The summed E-state index contributed by atoms with van der Waals surface area (Å²) in [5.74, 6) is 0.673. The van der Waals surface area contributed by atoms with E-state index < -0.39 is 0 Å². The molecule has 0 spiro atoms. The van der Waals surface area contributed by atoms with Crippen LogP contribution in [0.5, 0.6) is 0 Å². The lowest BCUT2D eigenvalue weighted by molar-refractivity contribution is 0.596. The van der Waals surface area contributed by atoms with Crippen LogP contribution < -0.4 is 11.1 Å². The molecule has 2 unspecified atom stereocenters. The standard InChI is InChI=1S/C28H35N5/c1-4-22-9-11-23(12-10-22)27(30-3)6-5-19-31-25-17-13-24(14-18-25)28(29)33-20-32-26-15-7-21(2)8-16-26/h7-13,15-18,20,24,27,31H,3-6,14,19H2,1-2H3,(H2,29,32,33). The first-order chi connectivity index (χ1) is 16.1. The number of amidine groups is 1. The molecule has 3 rings (SSSR count). The molecule has 0 aromatic heterocycles. The van der Waals surface area contributed by atoms with Crippen LogP contribution in [0.3, 0.4) is 0 Å². The molecule has 5 nitrogen and oxygen atoms in total. The van der Waals surface area contributed by atoms with E-state index in [0.717, 1.165) is 43.6 Å². The minimum absolute atomic E-state index is 0.0976. The van der Waals surface area contributed by atoms with Crippen molar-refractivity contribution in [1.82, 2.24) is 5.32 Å². The molecule has 0 saturated heterocycles. The Morgan fingerprint density at radius 3 is 2.58 bits per heavy atom.